The molecule has 9 heteroatoms. The molecule has 2 atom stereocenters. The first kappa shape index (κ1) is 31.4. The summed E-state index contributed by atoms with van der Waals surface area (Å²) in [7, 11) is 0. The van der Waals surface area contributed by atoms with Crippen LogP contribution in [0.3, 0.4) is 0 Å². The first-order valence-electron chi connectivity index (χ1n) is 15.8. The maximum absolute atomic E-state index is 13.2. The van der Waals surface area contributed by atoms with E-state index in [-0.39, 0.29) is 18.4 Å². The second-order valence-corrected chi connectivity index (χ2v) is 13.2. The molecule has 44 heavy (non-hydrogen) atoms. The Balaban J connectivity index is 1.48. The summed E-state index contributed by atoms with van der Waals surface area (Å²) in [5.74, 6) is 0.921. The number of amides is 1. The van der Waals surface area contributed by atoms with E-state index in [9.17, 15) is 10.1 Å². The zero-order chi connectivity index (χ0) is 31.3. The predicted octanol–water partition coefficient (Wildman–Crippen LogP) is 7.17. The van der Waals surface area contributed by atoms with Gasteiger partial charge in [-0.25, -0.2) is 9.48 Å². The highest BCUT2D eigenvalue weighted by molar-refractivity contribution is 5.80. The molecule has 0 radical (unpaired) electrons. The summed E-state index contributed by atoms with van der Waals surface area (Å²) in [5, 5.41) is 15.2. The van der Waals surface area contributed by atoms with Gasteiger partial charge in [-0.2, -0.15) is 10.4 Å². The summed E-state index contributed by atoms with van der Waals surface area (Å²) in [6.07, 6.45) is 7.37. The Hall–Kier alpha value is -4.03. The minimum atomic E-state index is -0.567. The van der Waals surface area contributed by atoms with Gasteiger partial charge >= 0.3 is 6.09 Å². The van der Waals surface area contributed by atoms with Crippen LogP contribution >= 0.6 is 0 Å². The Bertz CT molecular complexity index is 1450. The molecule has 2 unspecified atom stereocenters. The Morgan fingerprint density at radius 2 is 1.93 bits per heavy atom. The molecule has 0 N–H and O–H groups in total. The maximum atomic E-state index is 13.2. The summed E-state index contributed by atoms with van der Waals surface area (Å²) in [6.45, 7) is 12.7. The van der Waals surface area contributed by atoms with Gasteiger partial charge in [0.15, 0.2) is 0 Å². The SMILES string of the molecule is CC(C)CC1CN(c2ccc(-c3cnn(C4CCCCO4)c3)c(OCc3ccccc3)c2C#N)CCN1C(=O)OC(C)(C)C. The van der Waals surface area contributed by atoms with Crippen molar-refractivity contribution in [1.82, 2.24) is 14.7 Å². The first-order chi connectivity index (χ1) is 21.1. The molecule has 2 aliphatic rings. The van der Waals surface area contributed by atoms with Gasteiger partial charge in [-0.15, -0.1) is 0 Å². The summed E-state index contributed by atoms with van der Waals surface area (Å²) < 4.78 is 20.1. The average molecular weight is 600 g/mol. The van der Waals surface area contributed by atoms with Crippen molar-refractivity contribution in [3.8, 4) is 22.9 Å². The quantitative estimate of drug-likeness (QED) is 0.271. The number of nitriles is 1. The van der Waals surface area contributed by atoms with Crippen LogP contribution in [-0.4, -0.2) is 58.7 Å². The first-order valence-corrected chi connectivity index (χ1v) is 15.8. The summed E-state index contributed by atoms with van der Waals surface area (Å²) >= 11 is 0. The summed E-state index contributed by atoms with van der Waals surface area (Å²) in [6, 6.07) is 16.4. The van der Waals surface area contributed by atoms with Gasteiger partial charge in [0.1, 0.15) is 35.8 Å². The summed E-state index contributed by atoms with van der Waals surface area (Å²) in [4.78, 5) is 17.2. The molecule has 2 aliphatic heterocycles. The lowest BCUT2D eigenvalue weighted by molar-refractivity contribution is -0.0394. The molecule has 0 bridgehead atoms. The number of aromatic nitrogens is 2. The fourth-order valence-electron chi connectivity index (χ4n) is 6.00. The maximum Gasteiger partial charge on any atom is 0.410 e. The van der Waals surface area contributed by atoms with Crippen LogP contribution in [0.15, 0.2) is 54.9 Å². The minimum Gasteiger partial charge on any atom is -0.487 e. The van der Waals surface area contributed by atoms with E-state index in [1.54, 1.807) is 0 Å². The van der Waals surface area contributed by atoms with Gasteiger partial charge in [-0.3, -0.25) is 0 Å². The van der Waals surface area contributed by atoms with Crippen LogP contribution in [0.2, 0.25) is 0 Å². The van der Waals surface area contributed by atoms with Gasteiger partial charge in [0.2, 0.25) is 0 Å². The van der Waals surface area contributed by atoms with Crippen molar-refractivity contribution in [2.45, 2.75) is 84.8 Å². The Kier molecular flexibility index (Phi) is 9.80. The van der Waals surface area contributed by atoms with E-state index in [1.165, 1.54) is 0 Å². The number of hydrogen-bond donors (Lipinski definition) is 0. The third-order valence-corrected chi connectivity index (χ3v) is 8.03. The second kappa shape index (κ2) is 13.7. The number of rotatable bonds is 8. The standard InChI is InChI=1S/C35H45N5O4/c1-25(2)19-28-23-38(16-17-39(28)34(41)44-35(3,4)5)31-15-14-29(27-21-37-40(22-27)32-13-9-10-18-42-32)33(30(31)20-36)43-24-26-11-7-6-8-12-26/h6-8,11-12,14-15,21-22,25,28,32H,9-10,13,16-19,23-24H2,1-5H3. The molecule has 3 heterocycles. The van der Waals surface area contributed by atoms with Crippen molar-refractivity contribution in [3.63, 3.8) is 0 Å². The monoisotopic (exact) mass is 599 g/mol. The Labute approximate surface area is 261 Å². The molecule has 3 aromatic rings. The molecule has 0 aliphatic carbocycles. The number of carbonyl (C=O) groups excluding carboxylic acids is 1. The minimum absolute atomic E-state index is 0.0489. The molecule has 234 valence electrons. The molecule has 2 aromatic carbocycles. The summed E-state index contributed by atoms with van der Waals surface area (Å²) in [5.41, 5.74) is 3.42. The topological polar surface area (TPSA) is 92.9 Å². The van der Waals surface area contributed by atoms with E-state index < -0.39 is 5.60 Å². The van der Waals surface area contributed by atoms with Crippen LogP contribution in [0.1, 0.15) is 77.7 Å². The number of piperazine rings is 1. The van der Waals surface area contributed by atoms with E-state index in [0.29, 0.717) is 43.5 Å². The van der Waals surface area contributed by atoms with E-state index in [2.05, 4.69) is 29.9 Å². The van der Waals surface area contributed by atoms with Gasteiger partial charge in [0.25, 0.3) is 0 Å². The number of benzene rings is 2. The fourth-order valence-corrected chi connectivity index (χ4v) is 6.00. The normalized spacial score (nSPS) is 19.1. The van der Waals surface area contributed by atoms with Gasteiger partial charge < -0.3 is 24.0 Å². The number of nitrogens with zero attached hydrogens (tertiary/aromatic N) is 5. The van der Waals surface area contributed by atoms with Crippen LogP contribution in [0.5, 0.6) is 5.75 Å². The van der Waals surface area contributed by atoms with E-state index in [0.717, 1.165) is 54.7 Å². The lowest BCUT2D eigenvalue weighted by Crippen LogP contribution is -2.56. The van der Waals surface area contributed by atoms with Crippen LogP contribution in [0, 0.1) is 17.2 Å². The third kappa shape index (κ3) is 7.54. The lowest BCUT2D eigenvalue weighted by Gasteiger charge is -2.43. The zero-order valence-corrected chi connectivity index (χ0v) is 26.7. The molecular weight excluding hydrogens is 554 g/mol. The van der Waals surface area contributed by atoms with Gasteiger partial charge in [-0.1, -0.05) is 44.2 Å². The average Bonchev–Trinajstić information content (AvgIpc) is 3.49. The van der Waals surface area contributed by atoms with Gasteiger partial charge in [-0.05, 0) is 70.1 Å². The molecule has 1 amide bonds. The Morgan fingerprint density at radius 1 is 1.14 bits per heavy atom. The molecule has 0 saturated carbocycles. The van der Waals surface area contributed by atoms with E-state index in [4.69, 9.17) is 14.2 Å². The highest BCUT2D eigenvalue weighted by Crippen LogP contribution is 2.40. The highest BCUT2D eigenvalue weighted by atomic mass is 16.6. The fraction of sp³-hybridized carbons (Fsp3) is 0.514. The van der Waals surface area contributed by atoms with Crippen LogP contribution < -0.4 is 9.64 Å². The van der Waals surface area contributed by atoms with E-state index in [1.807, 2.05) is 85.2 Å². The molecule has 1 aromatic heterocycles. The number of anilines is 1. The van der Waals surface area contributed by atoms with Crippen LogP contribution in [0.4, 0.5) is 10.5 Å². The van der Waals surface area contributed by atoms with Crippen molar-refractivity contribution in [2.24, 2.45) is 5.92 Å². The smallest absolute Gasteiger partial charge is 0.410 e. The van der Waals surface area contributed by atoms with Gasteiger partial charge in [0.05, 0.1) is 17.9 Å². The van der Waals surface area contributed by atoms with Crippen molar-refractivity contribution in [1.29, 1.82) is 5.26 Å². The molecule has 0 spiro atoms. The number of ether oxygens (including phenoxy) is 3. The predicted molar refractivity (Wildman–Crippen MR) is 170 cm³/mol. The molecule has 2 saturated heterocycles. The van der Waals surface area contributed by atoms with Crippen LogP contribution in [0.25, 0.3) is 11.1 Å². The van der Waals surface area contributed by atoms with Crippen molar-refractivity contribution < 1.29 is 19.0 Å². The highest BCUT2D eigenvalue weighted by Gasteiger charge is 2.35. The second-order valence-electron chi connectivity index (χ2n) is 13.2. The molecular formula is C35H45N5O4. The number of hydrogen-bond acceptors (Lipinski definition) is 7. The lowest BCUT2D eigenvalue weighted by atomic mass is 9.98. The van der Waals surface area contributed by atoms with Gasteiger partial charge in [0, 0.05) is 43.6 Å². The van der Waals surface area contributed by atoms with Crippen molar-refractivity contribution in [2.75, 3.05) is 31.1 Å². The van der Waals surface area contributed by atoms with Crippen LogP contribution in [-0.2, 0) is 16.1 Å². The van der Waals surface area contributed by atoms with Crippen molar-refractivity contribution in [3.05, 3.63) is 66.0 Å². The van der Waals surface area contributed by atoms with Crippen molar-refractivity contribution >= 4 is 11.8 Å². The Morgan fingerprint density at radius 3 is 2.61 bits per heavy atom. The molecule has 5 rings (SSSR count). The number of carbonyl (C=O) groups is 1. The molecule has 9 nitrogen and oxygen atoms in total. The zero-order valence-electron chi connectivity index (χ0n) is 26.7. The molecule has 2 fully saturated rings. The third-order valence-electron chi connectivity index (χ3n) is 8.03. The largest absolute Gasteiger partial charge is 0.487 e. The van der Waals surface area contributed by atoms with E-state index >= 15 is 0 Å².